The van der Waals surface area contributed by atoms with E-state index >= 15 is 0 Å². The first-order valence-corrected chi connectivity index (χ1v) is 8.49. The molecule has 0 amide bonds. The van der Waals surface area contributed by atoms with Gasteiger partial charge in [0.25, 0.3) is 0 Å². The molecule has 0 radical (unpaired) electrons. The molecule has 2 unspecified atom stereocenters. The van der Waals surface area contributed by atoms with Crippen LogP contribution in [-0.2, 0) is 0 Å². The van der Waals surface area contributed by atoms with Crippen LogP contribution in [0.1, 0.15) is 70.6 Å². The number of unbranched alkanes of at least 4 members (excludes halogenated alkanes) is 1. The number of aliphatic hydroxyl groups excluding tert-OH is 1. The van der Waals surface area contributed by atoms with Crippen molar-refractivity contribution in [2.75, 3.05) is 13.6 Å². The number of benzene rings is 1. The van der Waals surface area contributed by atoms with E-state index in [2.05, 4.69) is 52.6 Å². The smallest absolute Gasteiger partial charge is 0.129 e. The summed E-state index contributed by atoms with van der Waals surface area (Å²) in [6, 6.07) is 6.10. The summed E-state index contributed by atoms with van der Waals surface area (Å²) in [5, 5.41) is 11.0. The van der Waals surface area contributed by atoms with E-state index in [-0.39, 0.29) is 6.04 Å². The van der Waals surface area contributed by atoms with Crippen LogP contribution in [0.3, 0.4) is 0 Å². The minimum absolute atomic E-state index is 0.0334. The van der Waals surface area contributed by atoms with Gasteiger partial charge in [-0.15, -0.1) is 0 Å². The highest BCUT2D eigenvalue weighted by molar-refractivity contribution is 5.47. The Hall–Kier alpha value is -1.06. The van der Waals surface area contributed by atoms with Gasteiger partial charge >= 0.3 is 0 Å². The van der Waals surface area contributed by atoms with Crippen LogP contribution < -0.4 is 4.74 Å². The standard InChI is InChI=1S/C19H31NO2/c1-7-8-12-20(6)18-16(21)15-11-9-10-14(13(2)3)17(15)22-19(18,4)5/h9-11,13,16,18,21H,7-8,12H2,1-6H3. The predicted molar refractivity (Wildman–Crippen MR) is 91.5 cm³/mol. The number of para-hydroxylation sites is 1. The molecule has 0 fully saturated rings. The van der Waals surface area contributed by atoms with Gasteiger partial charge in [-0.3, -0.25) is 4.90 Å². The number of fused-ring (bicyclic) bond motifs is 1. The molecule has 0 aromatic heterocycles. The molecule has 0 saturated heterocycles. The summed E-state index contributed by atoms with van der Waals surface area (Å²) in [6.45, 7) is 11.7. The lowest BCUT2D eigenvalue weighted by Gasteiger charge is -2.47. The molecule has 3 nitrogen and oxygen atoms in total. The van der Waals surface area contributed by atoms with Gasteiger partial charge in [-0.05, 0) is 45.3 Å². The fourth-order valence-electron chi connectivity index (χ4n) is 3.57. The van der Waals surface area contributed by atoms with Crippen LogP contribution in [0.5, 0.6) is 5.75 Å². The van der Waals surface area contributed by atoms with Crippen LogP contribution >= 0.6 is 0 Å². The summed E-state index contributed by atoms with van der Waals surface area (Å²) in [6.07, 6.45) is 1.77. The Labute approximate surface area is 135 Å². The highest BCUT2D eigenvalue weighted by Crippen LogP contribution is 2.45. The minimum atomic E-state index is -0.515. The van der Waals surface area contributed by atoms with Gasteiger partial charge in [0.2, 0.25) is 0 Å². The van der Waals surface area contributed by atoms with E-state index in [1.54, 1.807) is 0 Å². The van der Waals surface area contributed by atoms with Crippen molar-refractivity contribution in [2.45, 2.75) is 71.1 Å². The number of hydrogen-bond acceptors (Lipinski definition) is 3. The number of aliphatic hydroxyl groups is 1. The van der Waals surface area contributed by atoms with E-state index in [0.717, 1.165) is 30.7 Å². The molecule has 22 heavy (non-hydrogen) atoms. The van der Waals surface area contributed by atoms with Crippen molar-refractivity contribution in [1.82, 2.24) is 4.90 Å². The largest absolute Gasteiger partial charge is 0.485 e. The summed E-state index contributed by atoms with van der Waals surface area (Å²) in [5.74, 6) is 1.27. The van der Waals surface area contributed by atoms with Gasteiger partial charge in [0.15, 0.2) is 0 Å². The molecule has 2 rings (SSSR count). The zero-order valence-electron chi connectivity index (χ0n) is 14.9. The van der Waals surface area contributed by atoms with Crippen molar-refractivity contribution >= 4 is 0 Å². The van der Waals surface area contributed by atoms with E-state index < -0.39 is 11.7 Å². The maximum absolute atomic E-state index is 11.0. The maximum atomic E-state index is 11.0. The summed E-state index contributed by atoms with van der Waals surface area (Å²) >= 11 is 0. The highest BCUT2D eigenvalue weighted by atomic mass is 16.5. The Kier molecular flexibility index (Phi) is 5.18. The number of hydrogen-bond donors (Lipinski definition) is 1. The van der Waals surface area contributed by atoms with Crippen LogP contribution in [0, 0.1) is 0 Å². The van der Waals surface area contributed by atoms with E-state index in [1.165, 1.54) is 5.56 Å². The van der Waals surface area contributed by atoms with Crippen molar-refractivity contribution in [3.63, 3.8) is 0 Å². The van der Waals surface area contributed by atoms with Gasteiger partial charge in [0.1, 0.15) is 17.5 Å². The van der Waals surface area contributed by atoms with Gasteiger partial charge < -0.3 is 9.84 Å². The Morgan fingerprint density at radius 3 is 2.59 bits per heavy atom. The molecule has 1 aromatic rings. The van der Waals surface area contributed by atoms with Crippen LogP contribution in [-0.4, -0.2) is 35.2 Å². The third kappa shape index (κ3) is 3.16. The monoisotopic (exact) mass is 305 g/mol. The van der Waals surface area contributed by atoms with E-state index in [1.807, 2.05) is 12.1 Å². The number of nitrogens with zero attached hydrogens (tertiary/aromatic N) is 1. The highest BCUT2D eigenvalue weighted by Gasteiger charge is 2.45. The fraction of sp³-hybridized carbons (Fsp3) is 0.684. The second kappa shape index (κ2) is 6.59. The fourth-order valence-corrected chi connectivity index (χ4v) is 3.57. The van der Waals surface area contributed by atoms with E-state index in [9.17, 15) is 5.11 Å². The van der Waals surface area contributed by atoms with Gasteiger partial charge in [-0.25, -0.2) is 0 Å². The van der Waals surface area contributed by atoms with Crippen LogP contribution in [0.15, 0.2) is 18.2 Å². The van der Waals surface area contributed by atoms with Crippen molar-refractivity contribution in [2.24, 2.45) is 0 Å². The molecule has 1 aromatic carbocycles. The summed E-state index contributed by atoms with van der Waals surface area (Å²) in [7, 11) is 2.09. The molecular formula is C19H31NO2. The molecule has 0 spiro atoms. The molecule has 124 valence electrons. The maximum Gasteiger partial charge on any atom is 0.129 e. The second-order valence-electron chi connectivity index (χ2n) is 7.35. The minimum Gasteiger partial charge on any atom is -0.485 e. The van der Waals surface area contributed by atoms with Crippen molar-refractivity contribution in [3.05, 3.63) is 29.3 Å². The van der Waals surface area contributed by atoms with Gasteiger partial charge in [0.05, 0.1) is 6.04 Å². The molecule has 1 heterocycles. The van der Waals surface area contributed by atoms with Gasteiger partial charge in [-0.2, -0.15) is 0 Å². The van der Waals surface area contributed by atoms with Gasteiger partial charge in [-0.1, -0.05) is 45.4 Å². The molecule has 0 aliphatic carbocycles. The summed E-state index contributed by atoms with van der Waals surface area (Å²) < 4.78 is 6.39. The number of rotatable bonds is 5. The van der Waals surface area contributed by atoms with E-state index in [0.29, 0.717) is 5.92 Å². The van der Waals surface area contributed by atoms with Crippen LogP contribution in [0.25, 0.3) is 0 Å². The third-order valence-electron chi connectivity index (χ3n) is 4.73. The normalized spacial score (nSPS) is 23.5. The van der Waals surface area contributed by atoms with Crippen LogP contribution in [0.4, 0.5) is 0 Å². The predicted octanol–water partition coefficient (Wildman–Crippen LogP) is 4.11. The average Bonchev–Trinajstić information content (AvgIpc) is 2.43. The molecule has 3 heteroatoms. The number of ether oxygens (including phenoxy) is 1. The zero-order chi connectivity index (χ0) is 16.5. The van der Waals surface area contributed by atoms with Crippen molar-refractivity contribution in [1.29, 1.82) is 0 Å². The molecule has 0 bridgehead atoms. The first-order chi connectivity index (χ1) is 10.3. The first kappa shape index (κ1) is 17.3. The Morgan fingerprint density at radius 2 is 2.00 bits per heavy atom. The lowest BCUT2D eigenvalue weighted by atomic mass is 9.83. The van der Waals surface area contributed by atoms with Crippen molar-refractivity contribution < 1.29 is 9.84 Å². The van der Waals surface area contributed by atoms with E-state index in [4.69, 9.17) is 4.74 Å². The Bertz CT molecular complexity index is 510. The first-order valence-electron chi connectivity index (χ1n) is 8.49. The van der Waals surface area contributed by atoms with Crippen molar-refractivity contribution in [3.8, 4) is 5.75 Å². The van der Waals surface area contributed by atoms with Gasteiger partial charge in [0, 0.05) is 5.56 Å². The lowest BCUT2D eigenvalue weighted by molar-refractivity contribution is -0.0755. The molecule has 2 atom stereocenters. The van der Waals surface area contributed by atoms with Crippen LogP contribution in [0.2, 0.25) is 0 Å². The summed E-state index contributed by atoms with van der Waals surface area (Å²) in [4.78, 5) is 2.25. The Balaban J connectivity index is 2.40. The molecule has 0 saturated carbocycles. The quantitative estimate of drug-likeness (QED) is 0.888. The zero-order valence-corrected chi connectivity index (χ0v) is 14.9. The second-order valence-corrected chi connectivity index (χ2v) is 7.35. The molecule has 1 aliphatic rings. The number of likely N-dealkylation sites (N-methyl/N-ethyl adjacent to an activating group) is 1. The molecule has 1 N–H and O–H groups in total. The summed E-state index contributed by atoms with van der Waals surface area (Å²) in [5.41, 5.74) is 1.69. The molecule has 1 aliphatic heterocycles. The topological polar surface area (TPSA) is 32.7 Å². The average molecular weight is 305 g/mol. The SMILES string of the molecule is CCCCN(C)C1C(O)c2cccc(C(C)C)c2OC1(C)C. The third-order valence-corrected chi connectivity index (χ3v) is 4.73. The lowest BCUT2D eigenvalue weighted by Crippen LogP contribution is -2.57. The Morgan fingerprint density at radius 1 is 1.32 bits per heavy atom. The molecular weight excluding hydrogens is 274 g/mol.